The molecule has 0 unspecified atom stereocenters. The fraction of sp³-hybridized carbons (Fsp3) is 0.455. The number of hydrogen-bond acceptors (Lipinski definition) is 5. The summed E-state index contributed by atoms with van der Waals surface area (Å²) in [6, 6.07) is 5.05. The van der Waals surface area contributed by atoms with Gasteiger partial charge in [-0.2, -0.15) is 0 Å². The van der Waals surface area contributed by atoms with E-state index >= 15 is 0 Å². The second-order valence-electron chi connectivity index (χ2n) is 8.18. The van der Waals surface area contributed by atoms with Crippen molar-refractivity contribution in [3.05, 3.63) is 57.6 Å². The Bertz CT molecular complexity index is 994. The number of nitrogens with one attached hydrogen (secondary N) is 1. The molecule has 0 radical (unpaired) electrons. The minimum atomic E-state index is -0.441. The Hall–Kier alpha value is -2.42. The molecule has 1 N–H and O–H groups in total. The molecule has 3 heterocycles. The molecule has 3 amide bonds. The van der Waals surface area contributed by atoms with Gasteiger partial charge in [-0.1, -0.05) is 29.3 Å². The minimum Gasteiger partial charge on any atom is -0.371 e. The first kappa shape index (κ1) is 22.8. The van der Waals surface area contributed by atoms with Crippen LogP contribution in [-0.4, -0.2) is 70.1 Å². The number of amides is 3. The molecule has 0 bridgehead atoms. The van der Waals surface area contributed by atoms with E-state index in [-0.39, 0.29) is 11.9 Å². The zero-order valence-electron chi connectivity index (χ0n) is 17.8. The lowest BCUT2D eigenvalue weighted by Crippen LogP contribution is -2.59. The second-order valence-corrected chi connectivity index (χ2v) is 9.03. The van der Waals surface area contributed by atoms with Crippen LogP contribution in [-0.2, 0) is 11.3 Å². The number of likely N-dealkylation sites (tertiary alicyclic amines) is 1. The van der Waals surface area contributed by atoms with Gasteiger partial charge in [0.25, 0.3) is 5.91 Å². The van der Waals surface area contributed by atoms with Crippen LogP contribution in [0.2, 0.25) is 10.0 Å². The van der Waals surface area contributed by atoms with Gasteiger partial charge in [0, 0.05) is 42.4 Å². The molecule has 2 aromatic rings. The van der Waals surface area contributed by atoms with Crippen molar-refractivity contribution >= 4 is 35.1 Å². The first-order valence-electron chi connectivity index (χ1n) is 10.5. The number of benzene rings is 1. The molecule has 8 nitrogen and oxygen atoms in total. The summed E-state index contributed by atoms with van der Waals surface area (Å²) in [5.74, 6) is -0.127. The number of ether oxygens (including phenoxy) is 1. The van der Waals surface area contributed by atoms with E-state index in [2.05, 4.69) is 15.3 Å². The number of aryl methyl sites for hydroxylation is 1. The fourth-order valence-corrected chi connectivity index (χ4v) is 4.53. The first-order chi connectivity index (χ1) is 15.3. The predicted octanol–water partition coefficient (Wildman–Crippen LogP) is 3.31. The predicted molar refractivity (Wildman–Crippen MR) is 121 cm³/mol. The number of nitrogens with zero attached hydrogens (tertiary/aromatic N) is 4. The van der Waals surface area contributed by atoms with E-state index < -0.39 is 5.60 Å². The Morgan fingerprint density at radius 3 is 2.59 bits per heavy atom. The topological polar surface area (TPSA) is 87.7 Å². The van der Waals surface area contributed by atoms with Crippen molar-refractivity contribution < 1.29 is 14.3 Å². The van der Waals surface area contributed by atoms with Crippen molar-refractivity contribution in [1.82, 2.24) is 25.1 Å². The molecule has 0 atom stereocenters. The molecule has 2 fully saturated rings. The number of carbonyl (C=O) groups is 2. The molecule has 2 aliphatic heterocycles. The number of morpholine rings is 1. The molecule has 1 aromatic carbocycles. The number of carbonyl (C=O) groups excluding carboxylic acids is 2. The van der Waals surface area contributed by atoms with Gasteiger partial charge in [-0.3, -0.25) is 9.78 Å². The number of urea groups is 1. The number of rotatable bonds is 3. The van der Waals surface area contributed by atoms with Crippen LogP contribution < -0.4 is 5.32 Å². The molecule has 1 aromatic heterocycles. The van der Waals surface area contributed by atoms with Gasteiger partial charge in [0.15, 0.2) is 0 Å². The van der Waals surface area contributed by atoms with Gasteiger partial charge in [0.2, 0.25) is 0 Å². The van der Waals surface area contributed by atoms with Gasteiger partial charge in [0.1, 0.15) is 5.69 Å². The van der Waals surface area contributed by atoms with Crippen molar-refractivity contribution in [2.45, 2.75) is 31.9 Å². The smallest absolute Gasteiger partial charge is 0.317 e. The SMILES string of the molecule is Cc1cnc(C(=O)N2CCC3(CC2)CN(C(=O)NCc2ccc(Cl)cc2Cl)CCO3)cn1. The van der Waals surface area contributed by atoms with Crippen molar-refractivity contribution in [2.24, 2.45) is 0 Å². The molecule has 10 heteroatoms. The summed E-state index contributed by atoms with van der Waals surface area (Å²) in [5, 5.41) is 4.00. The van der Waals surface area contributed by atoms with E-state index in [0.717, 1.165) is 11.3 Å². The Balaban J connectivity index is 1.32. The van der Waals surface area contributed by atoms with Gasteiger partial charge in [-0.25, -0.2) is 9.78 Å². The summed E-state index contributed by atoms with van der Waals surface area (Å²) in [4.78, 5) is 37.4. The second kappa shape index (κ2) is 9.60. The fourth-order valence-electron chi connectivity index (χ4n) is 4.05. The van der Waals surface area contributed by atoms with Crippen molar-refractivity contribution in [2.75, 3.05) is 32.8 Å². The molecule has 0 aliphatic carbocycles. The summed E-state index contributed by atoms with van der Waals surface area (Å²) < 4.78 is 6.11. The highest BCUT2D eigenvalue weighted by atomic mass is 35.5. The zero-order valence-corrected chi connectivity index (χ0v) is 19.3. The summed E-state index contributed by atoms with van der Waals surface area (Å²) in [6.07, 6.45) is 4.42. The van der Waals surface area contributed by atoms with Gasteiger partial charge < -0.3 is 19.9 Å². The van der Waals surface area contributed by atoms with Gasteiger partial charge in [0.05, 0.1) is 30.6 Å². The van der Waals surface area contributed by atoms with Crippen LogP contribution in [0.25, 0.3) is 0 Å². The van der Waals surface area contributed by atoms with Gasteiger partial charge in [-0.15, -0.1) is 0 Å². The van der Waals surface area contributed by atoms with E-state index in [1.54, 1.807) is 34.2 Å². The van der Waals surface area contributed by atoms with Gasteiger partial charge >= 0.3 is 6.03 Å². The highest BCUT2D eigenvalue weighted by molar-refractivity contribution is 6.35. The number of aromatic nitrogens is 2. The van der Waals surface area contributed by atoms with Crippen LogP contribution in [0.4, 0.5) is 4.79 Å². The Morgan fingerprint density at radius 1 is 1.12 bits per heavy atom. The van der Waals surface area contributed by atoms with Crippen LogP contribution >= 0.6 is 23.2 Å². The standard InChI is InChI=1S/C22H25Cl2N5O3/c1-15-11-26-19(13-25-15)20(30)28-6-4-22(5-7-28)14-29(8-9-32-22)21(31)27-12-16-2-3-17(23)10-18(16)24/h2-3,10-11,13H,4-9,12,14H2,1H3,(H,27,31). The molecule has 2 saturated heterocycles. The molecular formula is C22H25Cl2N5O3. The molecule has 0 saturated carbocycles. The minimum absolute atomic E-state index is 0.127. The summed E-state index contributed by atoms with van der Waals surface area (Å²) in [5.41, 5.74) is 1.48. The van der Waals surface area contributed by atoms with E-state index in [1.807, 2.05) is 6.92 Å². The lowest BCUT2D eigenvalue weighted by Gasteiger charge is -2.47. The zero-order chi connectivity index (χ0) is 22.7. The highest BCUT2D eigenvalue weighted by Gasteiger charge is 2.42. The average Bonchev–Trinajstić information content (AvgIpc) is 2.79. The maximum Gasteiger partial charge on any atom is 0.317 e. The monoisotopic (exact) mass is 477 g/mol. The Labute approximate surface area is 196 Å². The summed E-state index contributed by atoms with van der Waals surface area (Å²) >= 11 is 12.1. The third kappa shape index (κ3) is 5.14. The maximum atomic E-state index is 12.8. The van der Waals surface area contributed by atoms with Crippen LogP contribution in [0.3, 0.4) is 0 Å². The normalized spacial score (nSPS) is 18.0. The Kier molecular flexibility index (Phi) is 6.83. The van der Waals surface area contributed by atoms with Crippen LogP contribution in [0.5, 0.6) is 0 Å². The van der Waals surface area contributed by atoms with E-state index in [4.69, 9.17) is 27.9 Å². The van der Waals surface area contributed by atoms with Crippen molar-refractivity contribution in [1.29, 1.82) is 0 Å². The highest BCUT2D eigenvalue weighted by Crippen LogP contribution is 2.31. The third-order valence-electron chi connectivity index (χ3n) is 5.94. The first-order valence-corrected chi connectivity index (χ1v) is 11.3. The number of halogens is 2. The number of hydrogen-bond donors (Lipinski definition) is 1. The number of piperidine rings is 1. The lowest BCUT2D eigenvalue weighted by molar-refractivity contribution is -0.122. The van der Waals surface area contributed by atoms with Crippen LogP contribution in [0, 0.1) is 6.92 Å². The van der Waals surface area contributed by atoms with Crippen LogP contribution in [0.15, 0.2) is 30.6 Å². The quantitative estimate of drug-likeness (QED) is 0.732. The summed E-state index contributed by atoms with van der Waals surface area (Å²) in [6.45, 7) is 4.71. The van der Waals surface area contributed by atoms with E-state index in [0.29, 0.717) is 67.9 Å². The average molecular weight is 478 g/mol. The lowest BCUT2D eigenvalue weighted by atomic mass is 9.89. The molecule has 2 aliphatic rings. The molecule has 32 heavy (non-hydrogen) atoms. The molecule has 4 rings (SSSR count). The van der Waals surface area contributed by atoms with E-state index in [1.165, 1.54) is 6.20 Å². The van der Waals surface area contributed by atoms with Crippen molar-refractivity contribution in [3.63, 3.8) is 0 Å². The van der Waals surface area contributed by atoms with Crippen LogP contribution in [0.1, 0.15) is 34.6 Å². The molecule has 170 valence electrons. The molecule has 1 spiro atoms. The van der Waals surface area contributed by atoms with E-state index in [9.17, 15) is 9.59 Å². The summed E-state index contributed by atoms with van der Waals surface area (Å²) in [7, 11) is 0. The van der Waals surface area contributed by atoms with Crippen molar-refractivity contribution in [3.8, 4) is 0 Å². The third-order valence-corrected chi connectivity index (χ3v) is 6.53. The molecular weight excluding hydrogens is 453 g/mol. The van der Waals surface area contributed by atoms with Gasteiger partial charge in [-0.05, 0) is 37.5 Å². The Morgan fingerprint density at radius 2 is 1.91 bits per heavy atom. The maximum absolute atomic E-state index is 12.8. The largest absolute Gasteiger partial charge is 0.371 e.